The molecule has 4 fully saturated rings. The van der Waals surface area contributed by atoms with Gasteiger partial charge in [-0.2, -0.15) is 0 Å². The number of nitrogens with two attached hydrogens (primary N) is 1. The van der Waals surface area contributed by atoms with E-state index >= 15 is 0 Å². The molecule has 4 rings (SSSR count). The summed E-state index contributed by atoms with van der Waals surface area (Å²) in [5.74, 6) is -3.99. The number of likely N-dealkylation sites (tertiary alicyclic amines) is 1. The highest BCUT2D eigenvalue weighted by atomic mass is 16.2. The van der Waals surface area contributed by atoms with Crippen molar-refractivity contribution in [2.75, 3.05) is 6.54 Å². The number of carbonyl (C=O) groups is 6. The lowest BCUT2D eigenvalue weighted by Gasteiger charge is -2.38. The quantitative estimate of drug-likeness (QED) is 0.142. The number of amides is 5. The van der Waals surface area contributed by atoms with Gasteiger partial charge in [0, 0.05) is 12.7 Å². The zero-order valence-electron chi connectivity index (χ0n) is 30.4. The summed E-state index contributed by atoms with van der Waals surface area (Å²) in [5, 5.41) is 8.82. The number of rotatable bonds is 16. The van der Waals surface area contributed by atoms with Crippen LogP contribution >= 0.6 is 0 Å². The van der Waals surface area contributed by atoms with E-state index in [4.69, 9.17) is 5.73 Å². The lowest BCUT2D eigenvalue weighted by Crippen LogP contribution is -2.62. The fourth-order valence-corrected chi connectivity index (χ4v) is 8.63. The van der Waals surface area contributed by atoms with Crippen LogP contribution in [0.4, 0.5) is 0 Å². The number of ketones is 1. The third kappa shape index (κ3) is 8.90. The van der Waals surface area contributed by atoms with Gasteiger partial charge >= 0.3 is 0 Å². The highest BCUT2D eigenvalue weighted by Gasteiger charge is 2.69. The minimum absolute atomic E-state index is 0.0777. The number of Topliss-reactive ketones (excluding diaryl/α,β-unsaturated/α-hetero) is 1. The third-order valence-electron chi connectivity index (χ3n) is 11.6. The molecule has 0 aromatic heterocycles. The van der Waals surface area contributed by atoms with Gasteiger partial charge in [0.25, 0.3) is 11.8 Å². The Morgan fingerprint density at radius 3 is 2.06 bits per heavy atom. The highest BCUT2D eigenvalue weighted by molar-refractivity contribution is 6.43. The van der Waals surface area contributed by atoms with E-state index in [1.807, 2.05) is 6.92 Å². The van der Waals surface area contributed by atoms with Crippen LogP contribution in [0.5, 0.6) is 0 Å². The molecule has 5 amide bonds. The van der Waals surface area contributed by atoms with E-state index in [0.29, 0.717) is 13.0 Å². The molecular weight excluding hydrogens is 636 g/mol. The van der Waals surface area contributed by atoms with Crippen LogP contribution in [0.3, 0.4) is 0 Å². The molecule has 0 spiro atoms. The zero-order chi connectivity index (χ0) is 36.6. The van der Waals surface area contributed by atoms with Gasteiger partial charge in [0.15, 0.2) is 0 Å². The summed E-state index contributed by atoms with van der Waals surface area (Å²) in [4.78, 5) is 86.7. The van der Waals surface area contributed by atoms with Crippen molar-refractivity contribution in [2.45, 2.75) is 135 Å². The van der Waals surface area contributed by atoms with Crippen molar-refractivity contribution in [2.24, 2.45) is 39.8 Å². The number of aliphatic imine (C=N–C) groups is 1. The molecule has 4 aliphatic rings. The van der Waals surface area contributed by atoms with Gasteiger partial charge in [-0.25, -0.2) is 0 Å². The van der Waals surface area contributed by atoms with Crippen molar-refractivity contribution in [3.05, 3.63) is 24.9 Å². The van der Waals surface area contributed by atoms with Crippen LogP contribution in [0.2, 0.25) is 0 Å². The second kappa shape index (κ2) is 17.4. The van der Waals surface area contributed by atoms with Gasteiger partial charge in [0.05, 0.1) is 6.04 Å². The van der Waals surface area contributed by atoms with Crippen molar-refractivity contribution in [1.29, 1.82) is 0 Å². The second-order valence-electron chi connectivity index (χ2n) is 15.3. The molecule has 0 bridgehead atoms. The average molecular weight is 695 g/mol. The van der Waals surface area contributed by atoms with Crippen molar-refractivity contribution < 1.29 is 28.8 Å². The van der Waals surface area contributed by atoms with Gasteiger partial charge in [-0.15, -0.1) is 0 Å². The van der Waals surface area contributed by atoms with Gasteiger partial charge in [0.2, 0.25) is 23.5 Å². The Bertz CT molecular complexity index is 1360. The van der Waals surface area contributed by atoms with Crippen LogP contribution in [0.1, 0.15) is 111 Å². The maximum Gasteiger partial charge on any atom is 0.287 e. The van der Waals surface area contributed by atoms with Crippen molar-refractivity contribution in [3.63, 3.8) is 0 Å². The molecule has 1 heterocycles. The van der Waals surface area contributed by atoms with E-state index in [2.05, 4.69) is 41.4 Å². The molecule has 1 aliphatic heterocycles. The Labute approximate surface area is 296 Å². The topological polar surface area (TPSA) is 180 Å². The molecule has 1 saturated heterocycles. The van der Waals surface area contributed by atoms with E-state index in [0.717, 1.165) is 70.6 Å². The number of nitrogens with one attached hydrogen (secondary N) is 3. The molecule has 0 aromatic carbocycles. The Kier molecular flexibility index (Phi) is 13.6. The number of primary amides is 1. The largest absolute Gasteiger partial charge is 0.363 e. The minimum atomic E-state index is -1.11. The van der Waals surface area contributed by atoms with Gasteiger partial charge in [-0.1, -0.05) is 84.8 Å². The fraction of sp³-hybridized carbons (Fsp3) is 0.711. The molecule has 3 aliphatic carbocycles. The molecule has 12 nitrogen and oxygen atoms in total. The lowest BCUT2D eigenvalue weighted by molar-refractivity contribution is -0.146. The number of unbranched alkanes of at least 4 members (excludes halogenated alkanes) is 1. The molecule has 12 heteroatoms. The summed E-state index contributed by atoms with van der Waals surface area (Å²) in [6, 6.07) is -3.69. The maximum absolute atomic E-state index is 14.7. The number of nitrogens with zero attached hydrogens (tertiary/aromatic N) is 2. The van der Waals surface area contributed by atoms with Crippen molar-refractivity contribution in [1.82, 2.24) is 20.9 Å². The van der Waals surface area contributed by atoms with Crippen LogP contribution in [0.15, 0.2) is 29.9 Å². The summed E-state index contributed by atoms with van der Waals surface area (Å²) in [7, 11) is 0. The molecule has 3 saturated carbocycles. The van der Waals surface area contributed by atoms with E-state index in [-0.39, 0.29) is 47.1 Å². The molecule has 0 radical (unpaired) electrons. The van der Waals surface area contributed by atoms with E-state index in [1.165, 1.54) is 12.3 Å². The minimum Gasteiger partial charge on any atom is -0.363 e. The van der Waals surface area contributed by atoms with Gasteiger partial charge in [-0.3, -0.25) is 33.8 Å². The van der Waals surface area contributed by atoms with Crippen LogP contribution in [0, 0.1) is 29.1 Å². The first-order chi connectivity index (χ1) is 23.9. The predicted octanol–water partition coefficient (Wildman–Crippen LogP) is 3.49. The van der Waals surface area contributed by atoms with E-state index in [9.17, 15) is 28.8 Å². The SMILES string of the molecule is C=CC(=N/C=C\C)C(=O)N[C@H](C(=O)N[C@H](C(=O)N1C[C@H]2[C@@H]([C@H]1C(=O)NC(CCCC)C(=O)C(N)=O)C2(C)C)C1CCCCC1)C1CCCCC1. The molecule has 0 aromatic rings. The van der Waals surface area contributed by atoms with Gasteiger partial charge in [-0.05, 0) is 74.2 Å². The Hall–Kier alpha value is -3.83. The molecule has 6 atom stereocenters. The first-order valence-corrected chi connectivity index (χ1v) is 18.7. The normalized spacial score (nSPS) is 25.6. The summed E-state index contributed by atoms with van der Waals surface area (Å²) >= 11 is 0. The third-order valence-corrected chi connectivity index (χ3v) is 11.6. The van der Waals surface area contributed by atoms with Gasteiger partial charge < -0.3 is 26.6 Å². The van der Waals surface area contributed by atoms with Crippen molar-refractivity contribution >= 4 is 41.0 Å². The first-order valence-electron chi connectivity index (χ1n) is 18.7. The molecule has 276 valence electrons. The smallest absolute Gasteiger partial charge is 0.287 e. The molecular formula is C38H58N6O6. The van der Waals surface area contributed by atoms with Crippen LogP contribution in [-0.2, 0) is 28.8 Å². The highest BCUT2D eigenvalue weighted by Crippen LogP contribution is 2.65. The monoisotopic (exact) mass is 694 g/mol. The van der Waals surface area contributed by atoms with E-state index in [1.54, 1.807) is 17.9 Å². The second-order valence-corrected chi connectivity index (χ2v) is 15.3. The summed E-state index contributed by atoms with van der Waals surface area (Å²) in [5.41, 5.74) is 5.23. The number of hydrogen-bond acceptors (Lipinski definition) is 7. The number of piperidine rings is 1. The maximum atomic E-state index is 14.7. The van der Waals surface area contributed by atoms with E-state index < -0.39 is 53.6 Å². The summed E-state index contributed by atoms with van der Waals surface area (Å²) in [6.45, 7) is 11.9. The van der Waals surface area contributed by atoms with Gasteiger partial charge in [0.1, 0.15) is 23.8 Å². The number of allylic oxidation sites excluding steroid dienone is 1. The molecule has 5 N–H and O–H groups in total. The first kappa shape index (κ1) is 39.0. The Morgan fingerprint density at radius 2 is 1.52 bits per heavy atom. The number of hydrogen-bond donors (Lipinski definition) is 4. The fourth-order valence-electron chi connectivity index (χ4n) is 8.63. The van der Waals surface area contributed by atoms with Crippen LogP contribution in [-0.4, -0.2) is 76.6 Å². The Balaban J connectivity index is 1.62. The summed E-state index contributed by atoms with van der Waals surface area (Å²) < 4.78 is 0. The predicted molar refractivity (Wildman–Crippen MR) is 191 cm³/mol. The summed E-state index contributed by atoms with van der Waals surface area (Å²) in [6.07, 6.45) is 15.1. The number of carbonyl (C=O) groups excluding carboxylic acids is 6. The number of fused-ring (bicyclic) bond motifs is 1. The zero-order valence-corrected chi connectivity index (χ0v) is 30.4. The molecule has 1 unspecified atom stereocenters. The molecule has 50 heavy (non-hydrogen) atoms. The lowest BCUT2D eigenvalue weighted by atomic mass is 9.81. The standard InChI is InChI=1S/C38H58N6O6/c1-6-9-20-27(32(45)33(39)46)41-36(49)31-28-25(38(28,4)5)22-44(31)37(50)30(24-18-14-11-15-19-24)43-35(48)29(23-16-12-10-13-17-23)42-34(47)26(8-3)40-21-7-2/h7-8,21,23-25,27-31H,3,6,9-20,22H2,1-2,4-5H3,(H2,39,46)(H,41,49)(H,42,47)(H,43,48)/b21-7-,40-26?/t25-,27?,28-,29-,30-,31-/m0/s1. The van der Waals surface area contributed by atoms with Crippen LogP contribution in [0.25, 0.3) is 0 Å². The van der Waals surface area contributed by atoms with Crippen LogP contribution < -0.4 is 21.7 Å². The van der Waals surface area contributed by atoms with Crippen molar-refractivity contribution in [3.8, 4) is 0 Å². The average Bonchev–Trinajstić information content (AvgIpc) is 3.41. The Morgan fingerprint density at radius 1 is 0.920 bits per heavy atom.